The molecule has 0 unspecified atom stereocenters. The Hall–Kier alpha value is -6.84. The minimum absolute atomic E-state index is 0.287. The SMILES string of the molecule is CC1(C)c2cc(-n3c4ccccc4c4ccccc43)ccc2-c2c1c1c(c3c2oc2ccccc23)-c2ccc(-n3c4ccccc4c4ccccc43)cc2C1(C)C. The number of furan rings is 1. The van der Waals surface area contributed by atoms with Gasteiger partial charge in [0.25, 0.3) is 0 Å². The molecule has 0 fully saturated rings. The lowest BCUT2D eigenvalue weighted by Crippen LogP contribution is -2.24. The first-order valence-electron chi connectivity index (χ1n) is 20.1. The molecule has 8 aromatic carbocycles. The van der Waals surface area contributed by atoms with E-state index in [0.717, 1.165) is 11.2 Å². The van der Waals surface area contributed by atoms with Gasteiger partial charge in [-0.25, -0.2) is 0 Å². The monoisotopic (exact) mass is 730 g/mol. The third kappa shape index (κ3) is 3.78. The summed E-state index contributed by atoms with van der Waals surface area (Å²) in [5.74, 6) is 0. The molecule has 3 heterocycles. The third-order valence-electron chi connectivity index (χ3n) is 13.6. The van der Waals surface area contributed by atoms with E-state index < -0.39 is 0 Å². The van der Waals surface area contributed by atoms with E-state index >= 15 is 0 Å². The zero-order valence-electron chi connectivity index (χ0n) is 32.3. The van der Waals surface area contributed by atoms with Crippen molar-refractivity contribution in [2.75, 3.05) is 0 Å². The summed E-state index contributed by atoms with van der Waals surface area (Å²) in [7, 11) is 0. The van der Waals surface area contributed by atoms with Crippen LogP contribution in [0.1, 0.15) is 49.9 Å². The molecule has 2 aliphatic carbocycles. The zero-order chi connectivity index (χ0) is 37.9. The highest BCUT2D eigenvalue weighted by Crippen LogP contribution is 2.63. The molecule has 3 nitrogen and oxygen atoms in total. The molecule has 57 heavy (non-hydrogen) atoms. The number of rotatable bonds is 2. The molecule has 0 amide bonds. The van der Waals surface area contributed by atoms with Crippen LogP contribution in [-0.4, -0.2) is 9.13 Å². The van der Waals surface area contributed by atoms with Gasteiger partial charge in [0.05, 0.1) is 22.1 Å². The maximum Gasteiger partial charge on any atom is 0.144 e. The van der Waals surface area contributed by atoms with Crippen LogP contribution in [0.25, 0.3) is 99.2 Å². The molecule has 270 valence electrons. The lowest BCUT2D eigenvalue weighted by Gasteiger charge is -2.31. The van der Waals surface area contributed by atoms with Gasteiger partial charge in [0.1, 0.15) is 11.2 Å². The Kier molecular flexibility index (Phi) is 5.78. The molecule has 0 spiro atoms. The van der Waals surface area contributed by atoms with Crippen molar-refractivity contribution in [3.63, 3.8) is 0 Å². The van der Waals surface area contributed by atoms with Gasteiger partial charge in [0.15, 0.2) is 0 Å². The molecule has 2 aliphatic rings. The van der Waals surface area contributed by atoms with Crippen molar-refractivity contribution in [2.24, 2.45) is 0 Å². The van der Waals surface area contributed by atoms with E-state index in [4.69, 9.17) is 4.42 Å². The van der Waals surface area contributed by atoms with Crippen LogP contribution in [0.2, 0.25) is 0 Å². The van der Waals surface area contributed by atoms with Gasteiger partial charge >= 0.3 is 0 Å². The molecule has 3 heteroatoms. The molecule has 0 saturated heterocycles. The van der Waals surface area contributed by atoms with Crippen LogP contribution < -0.4 is 0 Å². The van der Waals surface area contributed by atoms with Crippen molar-refractivity contribution in [2.45, 2.75) is 38.5 Å². The second-order valence-electron chi connectivity index (χ2n) is 17.3. The molecule has 11 aromatic rings. The number of aromatic nitrogens is 2. The third-order valence-corrected chi connectivity index (χ3v) is 13.6. The zero-order valence-corrected chi connectivity index (χ0v) is 32.3. The second-order valence-corrected chi connectivity index (χ2v) is 17.3. The number of benzene rings is 8. The predicted octanol–water partition coefficient (Wildman–Crippen LogP) is 14.4. The summed E-state index contributed by atoms with van der Waals surface area (Å²) in [6, 6.07) is 58.2. The van der Waals surface area contributed by atoms with E-state index in [1.165, 1.54) is 110 Å². The fourth-order valence-electron chi connectivity index (χ4n) is 11.2. The average Bonchev–Trinajstić information content (AvgIpc) is 3.99. The fourth-order valence-corrected chi connectivity index (χ4v) is 11.2. The summed E-state index contributed by atoms with van der Waals surface area (Å²) >= 11 is 0. The Morgan fingerprint density at radius 2 is 0.789 bits per heavy atom. The average molecular weight is 731 g/mol. The van der Waals surface area contributed by atoms with Crippen molar-refractivity contribution < 1.29 is 4.42 Å². The summed E-state index contributed by atoms with van der Waals surface area (Å²) in [6.07, 6.45) is 0. The number of fused-ring (bicyclic) bond motifs is 18. The lowest BCUT2D eigenvalue weighted by atomic mass is 9.72. The lowest BCUT2D eigenvalue weighted by molar-refractivity contribution is 0.599. The Bertz CT molecular complexity index is 3480. The highest BCUT2D eigenvalue weighted by atomic mass is 16.3. The van der Waals surface area contributed by atoms with Crippen molar-refractivity contribution >= 4 is 65.6 Å². The van der Waals surface area contributed by atoms with Crippen LogP contribution in [0.4, 0.5) is 0 Å². The first-order valence-corrected chi connectivity index (χ1v) is 20.1. The Morgan fingerprint density at radius 1 is 0.404 bits per heavy atom. The smallest absolute Gasteiger partial charge is 0.144 e. The van der Waals surface area contributed by atoms with Crippen LogP contribution >= 0.6 is 0 Å². The first-order chi connectivity index (χ1) is 27.8. The molecule has 0 N–H and O–H groups in total. The summed E-state index contributed by atoms with van der Waals surface area (Å²) in [5.41, 5.74) is 19.3. The topological polar surface area (TPSA) is 23.0 Å². The minimum Gasteiger partial charge on any atom is -0.455 e. The van der Waals surface area contributed by atoms with Gasteiger partial charge in [-0.15, -0.1) is 0 Å². The van der Waals surface area contributed by atoms with Crippen molar-refractivity contribution in [1.82, 2.24) is 9.13 Å². The molecular formula is C54H38N2O. The Morgan fingerprint density at radius 3 is 1.26 bits per heavy atom. The standard InChI is InChI=1S/C54H38N2O/c1-53(2)40-29-31(55-42-20-10-5-15-33(42)34-16-6-11-21-43(34)55)25-27-37(40)47-48-39-19-9-14-24-46(39)57-52(48)49-38-28-26-32(30-41(38)54(3,4)51(49)50(47)53)56-44-22-12-7-17-35(44)36-18-8-13-23-45(36)56/h5-30H,1-4H3. The predicted molar refractivity (Wildman–Crippen MR) is 238 cm³/mol. The highest BCUT2D eigenvalue weighted by molar-refractivity contribution is 6.21. The molecule has 0 aliphatic heterocycles. The van der Waals surface area contributed by atoms with E-state index in [9.17, 15) is 0 Å². The van der Waals surface area contributed by atoms with E-state index in [2.05, 4.69) is 195 Å². The molecule has 0 saturated carbocycles. The van der Waals surface area contributed by atoms with Gasteiger partial charge in [-0.1, -0.05) is 131 Å². The van der Waals surface area contributed by atoms with Gasteiger partial charge in [0.2, 0.25) is 0 Å². The normalized spacial score (nSPS) is 14.9. The van der Waals surface area contributed by atoms with Gasteiger partial charge in [0, 0.05) is 60.1 Å². The van der Waals surface area contributed by atoms with E-state index in [1.807, 2.05) is 0 Å². The fraction of sp³-hybridized carbons (Fsp3) is 0.111. The summed E-state index contributed by atoms with van der Waals surface area (Å²) in [5, 5.41) is 7.51. The highest BCUT2D eigenvalue weighted by Gasteiger charge is 2.48. The van der Waals surface area contributed by atoms with E-state index in [0.29, 0.717) is 0 Å². The van der Waals surface area contributed by atoms with Crippen LogP contribution in [-0.2, 0) is 10.8 Å². The van der Waals surface area contributed by atoms with Gasteiger partial charge in [-0.2, -0.15) is 0 Å². The molecule has 0 bridgehead atoms. The first kappa shape index (κ1) is 31.4. The summed E-state index contributed by atoms with van der Waals surface area (Å²) in [4.78, 5) is 0. The van der Waals surface area contributed by atoms with Crippen LogP contribution in [0.15, 0.2) is 162 Å². The van der Waals surface area contributed by atoms with Crippen LogP contribution in [0, 0.1) is 0 Å². The molecule has 0 atom stereocenters. The summed E-state index contributed by atoms with van der Waals surface area (Å²) < 4.78 is 11.9. The van der Waals surface area contributed by atoms with Crippen LogP contribution in [0.5, 0.6) is 0 Å². The van der Waals surface area contributed by atoms with Gasteiger partial charge < -0.3 is 13.6 Å². The van der Waals surface area contributed by atoms with Crippen molar-refractivity contribution in [1.29, 1.82) is 0 Å². The van der Waals surface area contributed by atoms with Gasteiger partial charge in [-0.05, 0) is 93.5 Å². The number of para-hydroxylation sites is 5. The largest absolute Gasteiger partial charge is 0.455 e. The van der Waals surface area contributed by atoms with Crippen LogP contribution in [0.3, 0.4) is 0 Å². The molecule has 13 rings (SSSR count). The van der Waals surface area contributed by atoms with Crippen molar-refractivity contribution in [3.8, 4) is 33.6 Å². The summed E-state index contributed by atoms with van der Waals surface area (Å²) in [6.45, 7) is 9.77. The maximum atomic E-state index is 7.04. The molecular weight excluding hydrogens is 693 g/mol. The minimum atomic E-state index is -0.300. The number of nitrogens with zero attached hydrogens (tertiary/aromatic N) is 2. The Balaban J connectivity index is 1.09. The number of hydrogen-bond acceptors (Lipinski definition) is 1. The van der Waals surface area contributed by atoms with Crippen molar-refractivity contribution in [3.05, 3.63) is 180 Å². The second kappa shape index (κ2) is 10.5. The Labute approximate surface area is 330 Å². The molecule has 3 aromatic heterocycles. The maximum absolute atomic E-state index is 7.04. The number of hydrogen-bond donors (Lipinski definition) is 0. The van der Waals surface area contributed by atoms with E-state index in [1.54, 1.807) is 0 Å². The molecule has 0 radical (unpaired) electrons. The van der Waals surface area contributed by atoms with Gasteiger partial charge in [-0.3, -0.25) is 0 Å². The van der Waals surface area contributed by atoms with E-state index in [-0.39, 0.29) is 10.8 Å². The quantitative estimate of drug-likeness (QED) is 0.174.